The van der Waals surface area contributed by atoms with Crippen molar-refractivity contribution in [1.82, 2.24) is 15.2 Å². The maximum atomic E-state index is 11.9. The first-order chi connectivity index (χ1) is 10.4. The molecule has 8 heteroatoms. The Bertz CT molecular complexity index is 765. The monoisotopic (exact) mass is 325 g/mol. The van der Waals surface area contributed by atoms with Crippen LogP contribution in [-0.2, 0) is 11.3 Å². The molecular weight excluding hydrogens is 310 g/mol. The predicted octanol–water partition coefficient (Wildman–Crippen LogP) is 1.87. The van der Waals surface area contributed by atoms with Gasteiger partial charge in [0, 0.05) is 17.1 Å². The molecule has 0 bridgehead atoms. The first-order valence-corrected chi connectivity index (χ1v) is 7.17. The number of imide groups is 1. The minimum atomic E-state index is -0.685. The smallest absolute Gasteiger partial charge is 0.408 e. The summed E-state index contributed by atoms with van der Waals surface area (Å²) < 4.78 is 6.15. The summed E-state index contributed by atoms with van der Waals surface area (Å²) in [5.41, 5.74) is 0.723. The molecule has 2 N–H and O–H groups in total. The van der Waals surface area contributed by atoms with Gasteiger partial charge in [-0.2, -0.15) is 0 Å². The number of aromatic nitrogens is 1. The molecule has 0 spiro atoms. The number of urea groups is 1. The summed E-state index contributed by atoms with van der Waals surface area (Å²) in [4.78, 5) is 35.2. The van der Waals surface area contributed by atoms with E-state index in [-0.39, 0.29) is 18.2 Å². The third-order valence-corrected chi connectivity index (χ3v) is 3.41. The van der Waals surface area contributed by atoms with Crippen molar-refractivity contribution in [2.75, 3.05) is 0 Å². The number of carbonyl (C=O) groups is 2. The molecule has 2 rings (SSSR count). The highest BCUT2D eigenvalue weighted by Crippen LogP contribution is 2.18. The van der Waals surface area contributed by atoms with E-state index in [0.29, 0.717) is 10.5 Å². The summed E-state index contributed by atoms with van der Waals surface area (Å²) in [5, 5.41) is 5.19. The lowest BCUT2D eigenvalue weighted by atomic mass is 10.3. The fourth-order valence-electron chi connectivity index (χ4n) is 1.86. The van der Waals surface area contributed by atoms with E-state index in [1.54, 1.807) is 12.1 Å². The predicted molar refractivity (Wildman–Crippen MR) is 81.9 cm³/mol. The molecule has 2 aromatic rings. The van der Waals surface area contributed by atoms with Crippen LogP contribution in [0.25, 0.3) is 11.1 Å². The number of rotatable bonds is 4. The van der Waals surface area contributed by atoms with Crippen molar-refractivity contribution in [3.8, 4) is 0 Å². The van der Waals surface area contributed by atoms with Gasteiger partial charge in [0.15, 0.2) is 5.58 Å². The third kappa shape index (κ3) is 3.67. The van der Waals surface area contributed by atoms with Crippen LogP contribution < -0.4 is 16.4 Å². The number of carbonyl (C=O) groups excluding carboxylic acids is 2. The number of nitrogens with one attached hydrogen (secondary N) is 2. The van der Waals surface area contributed by atoms with Gasteiger partial charge in [0.05, 0.1) is 5.52 Å². The quantitative estimate of drug-likeness (QED) is 0.897. The number of oxazole rings is 1. The topological polar surface area (TPSA) is 93.3 Å². The van der Waals surface area contributed by atoms with E-state index in [1.807, 2.05) is 13.8 Å². The minimum absolute atomic E-state index is 0.0487. The Labute approximate surface area is 131 Å². The van der Waals surface area contributed by atoms with Gasteiger partial charge in [0.25, 0.3) is 0 Å². The van der Waals surface area contributed by atoms with Crippen LogP contribution in [0.3, 0.4) is 0 Å². The molecule has 0 saturated carbocycles. The van der Waals surface area contributed by atoms with E-state index in [1.165, 1.54) is 6.07 Å². The molecule has 3 amide bonds. The first-order valence-electron chi connectivity index (χ1n) is 6.80. The number of fused-ring (bicyclic) bond motifs is 1. The van der Waals surface area contributed by atoms with Crippen LogP contribution in [0.1, 0.15) is 20.3 Å². The van der Waals surface area contributed by atoms with Gasteiger partial charge in [-0.3, -0.25) is 14.7 Å². The Morgan fingerprint density at radius 3 is 2.82 bits per heavy atom. The van der Waals surface area contributed by atoms with Gasteiger partial charge >= 0.3 is 11.8 Å². The average Bonchev–Trinajstić information content (AvgIpc) is 2.73. The van der Waals surface area contributed by atoms with Crippen molar-refractivity contribution >= 4 is 34.6 Å². The van der Waals surface area contributed by atoms with Crippen LogP contribution >= 0.6 is 11.6 Å². The summed E-state index contributed by atoms with van der Waals surface area (Å²) >= 11 is 5.81. The lowest BCUT2D eigenvalue weighted by molar-refractivity contribution is -0.120. The zero-order valence-electron chi connectivity index (χ0n) is 12.2. The molecule has 0 aliphatic rings. The fraction of sp³-hybridized carbons (Fsp3) is 0.357. The van der Waals surface area contributed by atoms with Crippen LogP contribution in [0.4, 0.5) is 4.79 Å². The molecule has 1 aromatic heterocycles. The van der Waals surface area contributed by atoms with Crippen LogP contribution in [0.15, 0.2) is 27.4 Å². The largest absolute Gasteiger partial charge is 0.420 e. The SMILES string of the molecule is CC[C@H](C)NC(=O)NC(=O)Cn1c(=O)oc2cc(Cl)ccc21. The molecule has 0 saturated heterocycles. The Balaban J connectivity index is 2.11. The Morgan fingerprint density at radius 2 is 2.14 bits per heavy atom. The van der Waals surface area contributed by atoms with E-state index < -0.39 is 17.7 Å². The van der Waals surface area contributed by atoms with Crippen molar-refractivity contribution in [1.29, 1.82) is 0 Å². The van der Waals surface area contributed by atoms with E-state index in [9.17, 15) is 14.4 Å². The highest BCUT2D eigenvalue weighted by atomic mass is 35.5. The Hall–Kier alpha value is -2.28. The number of benzene rings is 1. The number of halogens is 1. The molecule has 1 heterocycles. The molecule has 0 aliphatic heterocycles. The lowest BCUT2D eigenvalue weighted by Gasteiger charge is -2.11. The zero-order chi connectivity index (χ0) is 16.3. The van der Waals surface area contributed by atoms with Crippen molar-refractivity contribution in [3.63, 3.8) is 0 Å². The van der Waals surface area contributed by atoms with Gasteiger partial charge in [-0.15, -0.1) is 0 Å². The maximum Gasteiger partial charge on any atom is 0.420 e. The van der Waals surface area contributed by atoms with E-state index >= 15 is 0 Å². The molecule has 0 aliphatic carbocycles. The number of nitrogens with zero attached hydrogens (tertiary/aromatic N) is 1. The van der Waals surface area contributed by atoms with Crippen LogP contribution in [0, 0.1) is 0 Å². The van der Waals surface area contributed by atoms with Gasteiger partial charge in [0.2, 0.25) is 5.91 Å². The number of amides is 3. The Kier molecular flexibility index (Phi) is 4.87. The van der Waals surface area contributed by atoms with Crippen molar-refractivity contribution in [2.24, 2.45) is 0 Å². The normalized spacial score (nSPS) is 12.1. The van der Waals surface area contributed by atoms with E-state index in [0.717, 1.165) is 11.0 Å². The van der Waals surface area contributed by atoms with Crippen LogP contribution in [0.2, 0.25) is 5.02 Å². The molecule has 0 fully saturated rings. The van der Waals surface area contributed by atoms with Gasteiger partial charge in [0.1, 0.15) is 6.54 Å². The van der Waals surface area contributed by atoms with Crippen molar-refractivity contribution < 1.29 is 14.0 Å². The van der Waals surface area contributed by atoms with Gasteiger partial charge in [-0.25, -0.2) is 9.59 Å². The number of hydrogen-bond donors (Lipinski definition) is 2. The Morgan fingerprint density at radius 1 is 1.41 bits per heavy atom. The second kappa shape index (κ2) is 6.65. The highest BCUT2D eigenvalue weighted by molar-refractivity contribution is 6.31. The summed E-state index contributed by atoms with van der Waals surface area (Å²) in [6.07, 6.45) is 0.744. The second-order valence-electron chi connectivity index (χ2n) is 4.90. The summed E-state index contributed by atoms with van der Waals surface area (Å²) in [6, 6.07) is 4.01. The molecule has 0 unspecified atom stereocenters. The molecule has 0 radical (unpaired) electrons. The summed E-state index contributed by atoms with van der Waals surface area (Å²) in [6.45, 7) is 3.42. The van der Waals surface area contributed by atoms with Crippen LogP contribution in [0.5, 0.6) is 0 Å². The molecule has 7 nitrogen and oxygen atoms in total. The standard InChI is InChI=1S/C14H16ClN3O4/c1-3-8(2)16-13(20)17-12(19)7-18-10-5-4-9(15)6-11(10)22-14(18)21/h4-6,8H,3,7H2,1-2H3,(H2,16,17,19,20)/t8-/m0/s1. The van der Waals surface area contributed by atoms with Gasteiger partial charge < -0.3 is 9.73 Å². The molecule has 22 heavy (non-hydrogen) atoms. The van der Waals surface area contributed by atoms with E-state index in [4.69, 9.17) is 16.0 Å². The summed E-state index contributed by atoms with van der Waals surface area (Å²) in [5.74, 6) is -1.30. The average molecular weight is 326 g/mol. The first kappa shape index (κ1) is 16.1. The molecule has 118 valence electrons. The third-order valence-electron chi connectivity index (χ3n) is 3.17. The maximum absolute atomic E-state index is 11.9. The number of hydrogen-bond acceptors (Lipinski definition) is 4. The van der Waals surface area contributed by atoms with Crippen molar-refractivity contribution in [3.05, 3.63) is 33.8 Å². The summed E-state index contributed by atoms with van der Waals surface area (Å²) in [7, 11) is 0. The molecule has 1 atom stereocenters. The molecule has 1 aromatic carbocycles. The zero-order valence-corrected chi connectivity index (χ0v) is 12.9. The van der Waals surface area contributed by atoms with Gasteiger partial charge in [-0.1, -0.05) is 18.5 Å². The van der Waals surface area contributed by atoms with Crippen LogP contribution in [-0.4, -0.2) is 22.5 Å². The van der Waals surface area contributed by atoms with Crippen molar-refractivity contribution in [2.45, 2.75) is 32.9 Å². The lowest BCUT2D eigenvalue weighted by Crippen LogP contribution is -2.44. The second-order valence-corrected chi connectivity index (χ2v) is 5.33. The highest BCUT2D eigenvalue weighted by Gasteiger charge is 2.15. The van der Waals surface area contributed by atoms with E-state index in [2.05, 4.69) is 10.6 Å². The minimum Gasteiger partial charge on any atom is -0.408 e. The fourth-order valence-corrected chi connectivity index (χ4v) is 2.02. The van der Waals surface area contributed by atoms with Gasteiger partial charge in [-0.05, 0) is 25.5 Å². The molecular formula is C14H16ClN3O4.